The van der Waals surface area contributed by atoms with E-state index in [1.54, 1.807) is 6.33 Å². The molecule has 6 nitrogen and oxygen atoms in total. The molecule has 0 atom stereocenters. The fourth-order valence-electron chi connectivity index (χ4n) is 5.03. The zero-order chi connectivity index (χ0) is 25.4. The first kappa shape index (κ1) is 23.3. The Kier molecular flexibility index (Phi) is 6.10. The van der Waals surface area contributed by atoms with E-state index in [0.29, 0.717) is 31.2 Å². The predicted octanol–water partition coefficient (Wildman–Crippen LogP) is 6.01. The first-order chi connectivity index (χ1) is 18.1. The van der Waals surface area contributed by atoms with E-state index >= 15 is 0 Å². The number of hydrogen-bond donors (Lipinski definition) is 0. The van der Waals surface area contributed by atoms with Gasteiger partial charge in [-0.15, -0.1) is 0 Å². The lowest BCUT2D eigenvalue weighted by molar-refractivity contribution is 0.0746. The summed E-state index contributed by atoms with van der Waals surface area (Å²) in [6.07, 6.45) is 3.71. The largest absolute Gasteiger partial charge is 0.352 e. The van der Waals surface area contributed by atoms with Crippen LogP contribution in [0.25, 0.3) is 27.8 Å². The van der Waals surface area contributed by atoms with Crippen molar-refractivity contribution in [3.05, 3.63) is 108 Å². The van der Waals surface area contributed by atoms with E-state index in [4.69, 9.17) is 21.6 Å². The number of carbonyl (C=O) groups excluding carboxylic acids is 1. The molecule has 0 saturated carbocycles. The van der Waals surface area contributed by atoms with Gasteiger partial charge in [0.1, 0.15) is 12.1 Å². The summed E-state index contributed by atoms with van der Waals surface area (Å²) in [5.74, 6) is 0.948. The Morgan fingerprint density at radius 3 is 2.38 bits per heavy atom. The van der Waals surface area contributed by atoms with Crippen LogP contribution < -0.4 is 4.90 Å². The molecule has 3 aromatic carbocycles. The minimum atomic E-state index is 0.0750. The zero-order valence-corrected chi connectivity index (χ0v) is 21.3. The van der Waals surface area contributed by atoms with Crippen molar-refractivity contribution >= 4 is 34.4 Å². The first-order valence-electron chi connectivity index (χ1n) is 12.4. The second-order valence-corrected chi connectivity index (χ2v) is 9.68. The summed E-state index contributed by atoms with van der Waals surface area (Å²) in [5, 5.41) is 1.63. The number of nitrogens with zero attached hydrogens (tertiary/aromatic N) is 5. The lowest BCUT2D eigenvalue weighted by Crippen LogP contribution is -2.49. The number of aromatic nitrogens is 3. The van der Waals surface area contributed by atoms with Gasteiger partial charge in [-0.05, 0) is 36.8 Å². The van der Waals surface area contributed by atoms with Gasteiger partial charge in [0.05, 0.1) is 16.1 Å². The number of halogens is 1. The van der Waals surface area contributed by atoms with E-state index < -0.39 is 0 Å². The number of fused-ring (bicyclic) bond motifs is 1. The predicted molar refractivity (Wildman–Crippen MR) is 149 cm³/mol. The average molecular weight is 508 g/mol. The van der Waals surface area contributed by atoms with Crippen molar-refractivity contribution in [1.82, 2.24) is 19.4 Å². The van der Waals surface area contributed by atoms with Crippen LogP contribution >= 0.6 is 11.6 Å². The summed E-state index contributed by atoms with van der Waals surface area (Å²) < 4.78 is 2.04. The minimum Gasteiger partial charge on any atom is -0.352 e. The fourth-order valence-corrected chi connectivity index (χ4v) is 5.26. The molecule has 1 saturated heterocycles. The maximum absolute atomic E-state index is 13.1. The molecule has 3 heterocycles. The molecule has 0 radical (unpaired) electrons. The van der Waals surface area contributed by atoms with Crippen LogP contribution in [0, 0.1) is 6.92 Å². The van der Waals surface area contributed by atoms with E-state index in [0.717, 1.165) is 44.8 Å². The molecule has 1 aliphatic heterocycles. The number of carbonyl (C=O) groups is 1. The second kappa shape index (κ2) is 9.71. The van der Waals surface area contributed by atoms with Crippen LogP contribution in [0.2, 0.25) is 5.02 Å². The van der Waals surface area contributed by atoms with Gasteiger partial charge in [-0.2, -0.15) is 0 Å². The van der Waals surface area contributed by atoms with Gasteiger partial charge in [0.15, 0.2) is 5.65 Å². The number of amides is 1. The Morgan fingerprint density at radius 2 is 1.62 bits per heavy atom. The second-order valence-electron chi connectivity index (χ2n) is 9.27. The van der Waals surface area contributed by atoms with Crippen molar-refractivity contribution in [3.8, 4) is 16.8 Å². The molecule has 0 bridgehead atoms. The monoisotopic (exact) mass is 507 g/mol. The van der Waals surface area contributed by atoms with E-state index in [2.05, 4.69) is 23.2 Å². The third-order valence-electron chi connectivity index (χ3n) is 6.89. The van der Waals surface area contributed by atoms with Crippen molar-refractivity contribution in [3.63, 3.8) is 0 Å². The summed E-state index contributed by atoms with van der Waals surface area (Å²) in [7, 11) is 0. The first-order valence-corrected chi connectivity index (χ1v) is 12.8. The highest BCUT2D eigenvalue weighted by Gasteiger charge is 2.26. The van der Waals surface area contributed by atoms with Crippen molar-refractivity contribution in [2.75, 3.05) is 31.1 Å². The number of para-hydroxylation sites is 1. The van der Waals surface area contributed by atoms with Crippen molar-refractivity contribution in [1.29, 1.82) is 0 Å². The standard InChI is InChI=1S/C30H26ClN5O/c1-21-8-7-11-23(18-21)30(37)35-16-14-34(15-17-35)28-27-24(22-9-3-2-4-10-22)19-36(29(27)33-20-32-28)26-13-6-5-12-25(26)31/h2-13,18-20H,14-17H2,1H3. The Balaban J connectivity index is 1.38. The van der Waals surface area contributed by atoms with Gasteiger partial charge >= 0.3 is 0 Å². The van der Waals surface area contributed by atoms with Crippen LogP contribution in [0.15, 0.2) is 91.4 Å². The van der Waals surface area contributed by atoms with Crippen LogP contribution in [0.4, 0.5) is 5.82 Å². The molecule has 7 heteroatoms. The van der Waals surface area contributed by atoms with Gasteiger partial charge in [0.25, 0.3) is 5.91 Å². The van der Waals surface area contributed by atoms with Gasteiger partial charge in [-0.1, -0.05) is 71.8 Å². The molecule has 0 unspecified atom stereocenters. The summed E-state index contributed by atoms with van der Waals surface area (Å²) in [6.45, 7) is 4.65. The highest BCUT2D eigenvalue weighted by atomic mass is 35.5. The minimum absolute atomic E-state index is 0.0750. The number of piperazine rings is 1. The van der Waals surface area contributed by atoms with Gasteiger partial charge in [-0.3, -0.25) is 9.36 Å². The molecule has 1 aliphatic rings. The van der Waals surface area contributed by atoms with Crippen molar-refractivity contribution < 1.29 is 4.79 Å². The van der Waals surface area contributed by atoms with Crippen molar-refractivity contribution in [2.24, 2.45) is 0 Å². The van der Waals surface area contributed by atoms with Crippen molar-refractivity contribution in [2.45, 2.75) is 6.92 Å². The van der Waals surface area contributed by atoms with Gasteiger partial charge in [0, 0.05) is 43.5 Å². The number of aryl methyl sites for hydroxylation is 1. The lowest BCUT2D eigenvalue weighted by Gasteiger charge is -2.35. The average Bonchev–Trinajstić information content (AvgIpc) is 3.33. The summed E-state index contributed by atoms with van der Waals surface area (Å²) in [4.78, 5) is 26.7. The summed E-state index contributed by atoms with van der Waals surface area (Å²) in [6, 6.07) is 25.8. The Hall–Kier alpha value is -4.16. The number of benzene rings is 3. The molecule has 6 rings (SSSR count). The highest BCUT2D eigenvalue weighted by molar-refractivity contribution is 6.32. The Labute approximate surface area is 220 Å². The van der Waals surface area contributed by atoms with Crippen LogP contribution in [0.5, 0.6) is 0 Å². The third kappa shape index (κ3) is 4.34. The molecule has 0 N–H and O–H groups in total. The molecule has 2 aromatic heterocycles. The van der Waals surface area contributed by atoms with Gasteiger partial charge < -0.3 is 9.80 Å². The summed E-state index contributed by atoms with van der Waals surface area (Å²) >= 11 is 6.60. The van der Waals surface area contributed by atoms with Crippen LogP contribution in [-0.2, 0) is 0 Å². The van der Waals surface area contributed by atoms with Gasteiger partial charge in [0.2, 0.25) is 0 Å². The molecule has 37 heavy (non-hydrogen) atoms. The van der Waals surface area contributed by atoms with E-state index in [9.17, 15) is 4.79 Å². The number of rotatable bonds is 4. The van der Waals surface area contributed by atoms with Crippen LogP contribution in [0.3, 0.4) is 0 Å². The maximum Gasteiger partial charge on any atom is 0.253 e. The summed E-state index contributed by atoms with van der Waals surface area (Å²) in [5.41, 5.74) is 5.63. The number of hydrogen-bond acceptors (Lipinski definition) is 4. The smallest absolute Gasteiger partial charge is 0.253 e. The molecule has 0 spiro atoms. The molecule has 184 valence electrons. The third-order valence-corrected chi connectivity index (χ3v) is 7.21. The fraction of sp³-hybridized carbons (Fsp3) is 0.167. The van der Waals surface area contributed by atoms with E-state index in [1.165, 1.54) is 0 Å². The molecular weight excluding hydrogens is 482 g/mol. The molecule has 1 amide bonds. The quantitative estimate of drug-likeness (QED) is 0.299. The van der Waals surface area contributed by atoms with Crippen LogP contribution in [-0.4, -0.2) is 51.5 Å². The molecule has 1 fully saturated rings. The highest BCUT2D eigenvalue weighted by Crippen LogP contribution is 2.38. The lowest BCUT2D eigenvalue weighted by atomic mass is 10.1. The van der Waals surface area contributed by atoms with Crippen LogP contribution in [0.1, 0.15) is 15.9 Å². The maximum atomic E-state index is 13.1. The molecular formula is C30H26ClN5O. The van der Waals surface area contributed by atoms with E-state index in [-0.39, 0.29) is 5.91 Å². The number of anilines is 1. The SMILES string of the molecule is Cc1cccc(C(=O)N2CCN(c3ncnc4c3c(-c3ccccc3)cn4-c3ccccc3Cl)CC2)c1. The molecule has 5 aromatic rings. The normalized spacial score (nSPS) is 13.8. The van der Waals surface area contributed by atoms with Gasteiger partial charge in [-0.25, -0.2) is 9.97 Å². The molecule has 0 aliphatic carbocycles. The van der Waals surface area contributed by atoms with E-state index in [1.807, 2.05) is 83.1 Å². The topological polar surface area (TPSA) is 54.3 Å². The Morgan fingerprint density at radius 1 is 0.865 bits per heavy atom. The Bertz CT molecular complexity index is 1590. The zero-order valence-electron chi connectivity index (χ0n) is 20.5.